The molecule has 1 aliphatic heterocycles. The first-order valence-corrected chi connectivity index (χ1v) is 10.3. The van der Waals surface area contributed by atoms with Crippen LogP contribution in [0, 0.1) is 6.92 Å². The first-order valence-electron chi connectivity index (χ1n) is 9.46. The zero-order chi connectivity index (χ0) is 21.3. The fourth-order valence-corrected chi connectivity index (χ4v) is 4.18. The molecule has 1 N–H and O–H groups in total. The van der Waals surface area contributed by atoms with E-state index in [0.717, 1.165) is 22.4 Å². The minimum Gasteiger partial charge on any atom is -0.493 e. The number of hydrogen-bond donors (Lipinski definition) is 1. The molecule has 0 aliphatic carbocycles. The summed E-state index contributed by atoms with van der Waals surface area (Å²) in [5.74, 6) is 0.0259. The molecule has 0 saturated carbocycles. The van der Waals surface area contributed by atoms with Crippen LogP contribution in [0.5, 0.6) is 11.5 Å². The second-order valence-corrected chi connectivity index (χ2v) is 7.92. The second-order valence-electron chi connectivity index (χ2n) is 6.94. The highest BCUT2D eigenvalue weighted by molar-refractivity contribution is 7.10. The van der Waals surface area contributed by atoms with Crippen molar-refractivity contribution in [3.63, 3.8) is 0 Å². The number of aromatic nitrogens is 1. The molecular weight excluding hydrogens is 406 g/mol. The summed E-state index contributed by atoms with van der Waals surface area (Å²) in [5.41, 5.74) is 1.40. The van der Waals surface area contributed by atoms with E-state index in [1.165, 1.54) is 23.6 Å². The van der Waals surface area contributed by atoms with Crippen LogP contribution in [0.1, 0.15) is 33.4 Å². The van der Waals surface area contributed by atoms with E-state index in [0.29, 0.717) is 30.4 Å². The Morgan fingerprint density at radius 1 is 1.30 bits per heavy atom. The van der Waals surface area contributed by atoms with Gasteiger partial charge in [-0.3, -0.25) is 4.79 Å². The molecule has 1 aromatic carbocycles. The number of nitrogens with zero attached hydrogens (tertiary/aromatic N) is 1. The third-order valence-electron chi connectivity index (χ3n) is 4.89. The smallest absolute Gasteiger partial charge is 0.341 e. The first-order chi connectivity index (χ1) is 14.5. The van der Waals surface area contributed by atoms with E-state index < -0.39 is 17.6 Å². The van der Waals surface area contributed by atoms with Crippen molar-refractivity contribution < 1.29 is 24.1 Å². The number of aryl methyl sites for hydroxylation is 1. The van der Waals surface area contributed by atoms with Crippen molar-refractivity contribution in [2.24, 2.45) is 0 Å². The van der Waals surface area contributed by atoms with Gasteiger partial charge >= 0.3 is 5.97 Å². The van der Waals surface area contributed by atoms with Gasteiger partial charge in [-0.1, -0.05) is 6.07 Å². The predicted molar refractivity (Wildman–Crippen MR) is 113 cm³/mol. The Labute approximate surface area is 177 Å². The highest BCUT2D eigenvalue weighted by atomic mass is 32.1. The number of carboxylic acid groups (broad SMARTS) is 1. The van der Waals surface area contributed by atoms with Gasteiger partial charge in [0, 0.05) is 44.0 Å². The van der Waals surface area contributed by atoms with Gasteiger partial charge in [0.05, 0.1) is 17.2 Å². The van der Waals surface area contributed by atoms with Gasteiger partial charge in [-0.25, -0.2) is 4.79 Å². The topological polar surface area (TPSA) is 87.0 Å². The zero-order valence-corrected chi connectivity index (χ0v) is 17.4. The molecule has 0 amide bonds. The summed E-state index contributed by atoms with van der Waals surface area (Å²) in [5, 5.41) is 11.3. The Kier molecular flexibility index (Phi) is 5.61. The van der Waals surface area contributed by atoms with Crippen LogP contribution in [0.2, 0.25) is 0 Å². The van der Waals surface area contributed by atoms with E-state index in [1.54, 1.807) is 11.7 Å². The summed E-state index contributed by atoms with van der Waals surface area (Å²) in [4.78, 5) is 24.8. The molecule has 2 aromatic heterocycles. The van der Waals surface area contributed by atoms with Crippen molar-refractivity contribution in [2.75, 3.05) is 20.3 Å². The lowest BCUT2D eigenvalue weighted by atomic mass is 10.0. The molecule has 0 radical (unpaired) electrons. The van der Waals surface area contributed by atoms with Gasteiger partial charge in [0.1, 0.15) is 17.1 Å². The molecule has 3 aromatic rings. The Balaban J connectivity index is 1.81. The summed E-state index contributed by atoms with van der Waals surface area (Å²) in [6, 6.07) is 8.91. The van der Waals surface area contributed by atoms with Gasteiger partial charge in [-0.15, -0.1) is 11.3 Å². The summed E-state index contributed by atoms with van der Waals surface area (Å²) in [6.45, 7) is 3.05. The van der Waals surface area contributed by atoms with Gasteiger partial charge in [-0.05, 0) is 30.0 Å². The van der Waals surface area contributed by atoms with E-state index in [1.807, 2.05) is 36.6 Å². The van der Waals surface area contributed by atoms with Crippen LogP contribution in [0.3, 0.4) is 0 Å². The van der Waals surface area contributed by atoms with Crippen LogP contribution in [-0.4, -0.2) is 36.0 Å². The third-order valence-corrected chi connectivity index (χ3v) is 5.79. The maximum atomic E-state index is 12.4. The lowest BCUT2D eigenvalue weighted by Gasteiger charge is -2.31. The Bertz CT molecular complexity index is 1140. The number of fused-ring (bicyclic) bond motifs is 3. The van der Waals surface area contributed by atoms with Crippen LogP contribution < -0.4 is 14.9 Å². The van der Waals surface area contributed by atoms with Crippen molar-refractivity contribution in [1.82, 2.24) is 4.57 Å². The molecule has 4 rings (SSSR count). The van der Waals surface area contributed by atoms with E-state index >= 15 is 0 Å². The number of pyridine rings is 1. The first kappa shape index (κ1) is 20.2. The number of methoxy groups -OCH3 is 1. The molecule has 0 unspecified atom stereocenters. The van der Waals surface area contributed by atoms with Gasteiger partial charge in [-0.2, -0.15) is 0 Å². The number of aromatic carboxylic acids is 1. The minimum atomic E-state index is -1.26. The van der Waals surface area contributed by atoms with Crippen molar-refractivity contribution >= 4 is 17.3 Å². The van der Waals surface area contributed by atoms with E-state index in [-0.39, 0.29) is 5.56 Å². The van der Waals surface area contributed by atoms with Crippen molar-refractivity contribution in [2.45, 2.75) is 19.6 Å². The number of carbonyl (C=O) groups is 1. The van der Waals surface area contributed by atoms with Crippen LogP contribution in [-0.2, 0) is 4.74 Å². The molecule has 0 saturated heterocycles. The fourth-order valence-electron chi connectivity index (χ4n) is 3.43. The van der Waals surface area contributed by atoms with Crippen LogP contribution in [0.25, 0.3) is 11.3 Å². The molecular formula is C22H21NO6S. The molecule has 0 fully saturated rings. The van der Waals surface area contributed by atoms with Crippen LogP contribution in [0.15, 0.2) is 46.7 Å². The molecule has 1 atom stereocenters. The number of carboxylic acids is 1. The van der Waals surface area contributed by atoms with Crippen LogP contribution >= 0.6 is 11.3 Å². The van der Waals surface area contributed by atoms with Crippen molar-refractivity contribution in [3.05, 3.63) is 68.1 Å². The summed E-state index contributed by atoms with van der Waals surface area (Å²) in [6.07, 6.45) is 1.55. The van der Waals surface area contributed by atoms with Crippen LogP contribution in [0.4, 0.5) is 0 Å². The molecule has 7 nitrogen and oxygen atoms in total. The van der Waals surface area contributed by atoms with Crippen molar-refractivity contribution in [1.29, 1.82) is 0 Å². The predicted octanol–water partition coefficient (Wildman–Crippen LogP) is 3.94. The number of thiophene rings is 1. The highest BCUT2D eigenvalue weighted by Crippen LogP contribution is 2.43. The number of rotatable bonds is 7. The molecule has 0 bridgehead atoms. The number of ether oxygens (including phenoxy) is 3. The average Bonchev–Trinajstić information content (AvgIpc) is 3.25. The van der Waals surface area contributed by atoms with Gasteiger partial charge in [0.15, 0.2) is 5.43 Å². The van der Waals surface area contributed by atoms with E-state index in [2.05, 4.69) is 0 Å². The van der Waals surface area contributed by atoms with E-state index in [9.17, 15) is 14.7 Å². The monoisotopic (exact) mass is 427 g/mol. The Morgan fingerprint density at radius 2 is 2.13 bits per heavy atom. The minimum absolute atomic E-state index is 0.290. The molecule has 3 heterocycles. The average molecular weight is 427 g/mol. The van der Waals surface area contributed by atoms with Gasteiger partial charge in [0.25, 0.3) is 0 Å². The maximum absolute atomic E-state index is 12.4. The fraction of sp³-hybridized carbons (Fsp3) is 0.273. The third kappa shape index (κ3) is 3.71. The quantitative estimate of drug-likeness (QED) is 0.575. The molecule has 0 spiro atoms. The van der Waals surface area contributed by atoms with Gasteiger partial charge < -0.3 is 23.9 Å². The van der Waals surface area contributed by atoms with E-state index in [4.69, 9.17) is 14.2 Å². The lowest BCUT2D eigenvalue weighted by Crippen LogP contribution is -2.27. The maximum Gasteiger partial charge on any atom is 0.341 e. The lowest BCUT2D eigenvalue weighted by molar-refractivity contribution is 0.0693. The highest BCUT2D eigenvalue weighted by Gasteiger charge is 2.29. The van der Waals surface area contributed by atoms with Crippen molar-refractivity contribution in [3.8, 4) is 22.8 Å². The standard InChI is InChI=1S/C22H21NO6S/c1-13-9-14-16-10-17(24)15(22(25)26)12-23(16)21(20-5-3-8-30-20)29-19(14)11-18(13)28-7-4-6-27-2/h3,5,8-12,21H,4,6-7H2,1-2H3,(H,25,26)/t21-/m0/s1. The van der Waals surface area contributed by atoms with Gasteiger partial charge in [0.2, 0.25) is 6.23 Å². The number of benzene rings is 1. The summed E-state index contributed by atoms with van der Waals surface area (Å²) >= 11 is 1.50. The molecule has 1 aliphatic rings. The SMILES string of the molecule is COCCCOc1cc2c(cc1C)-c1cc(=O)c(C(=O)O)cn1[C@H](c1cccs1)O2. The Hall–Kier alpha value is -3.10. The molecule has 8 heteroatoms. The largest absolute Gasteiger partial charge is 0.493 e. The summed E-state index contributed by atoms with van der Waals surface area (Å²) < 4.78 is 18.9. The number of hydrogen-bond acceptors (Lipinski definition) is 6. The summed E-state index contributed by atoms with van der Waals surface area (Å²) in [7, 11) is 1.65. The Morgan fingerprint density at radius 3 is 2.83 bits per heavy atom. The molecule has 156 valence electrons. The zero-order valence-electron chi connectivity index (χ0n) is 16.6. The normalized spacial score (nSPS) is 14.5. The molecule has 30 heavy (non-hydrogen) atoms. The second kappa shape index (κ2) is 8.33.